The number of rotatable bonds is 7. The number of benzene rings is 2. The SMILES string of the molecule is COc1cccc(C(NC(=O)c2cccc(NC(=O)c3cccs3)c2)c2nccn2C)c1. The second kappa shape index (κ2) is 9.49. The molecule has 8 heteroatoms. The van der Waals surface area contributed by atoms with Gasteiger partial charge >= 0.3 is 0 Å². The van der Waals surface area contributed by atoms with Gasteiger partial charge in [0.2, 0.25) is 0 Å². The number of ether oxygens (including phenoxy) is 1. The molecule has 2 N–H and O–H groups in total. The Morgan fingerprint density at radius 3 is 2.62 bits per heavy atom. The molecule has 0 bridgehead atoms. The van der Waals surface area contributed by atoms with E-state index in [1.54, 1.807) is 43.6 Å². The number of thiophene rings is 1. The van der Waals surface area contributed by atoms with Crippen molar-refractivity contribution >= 4 is 28.8 Å². The molecular formula is C24H22N4O3S. The monoisotopic (exact) mass is 446 g/mol. The molecule has 32 heavy (non-hydrogen) atoms. The molecule has 2 aromatic carbocycles. The van der Waals surface area contributed by atoms with E-state index in [-0.39, 0.29) is 11.8 Å². The van der Waals surface area contributed by atoms with Crippen LogP contribution in [0.5, 0.6) is 5.75 Å². The van der Waals surface area contributed by atoms with Crippen LogP contribution < -0.4 is 15.4 Å². The molecule has 2 amide bonds. The zero-order chi connectivity index (χ0) is 22.5. The number of carbonyl (C=O) groups is 2. The van der Waals surface area contributed by atoms with Crippen LogP contribution in [0.25, 0.3) is 0 Å². The fourth-order valence-electron chi connectivity index (χ4n) is 3.33. The second-order valence-corrected chi connectivity index (χ2v) is 8.04. The molecule has 0 aliphatic heterocycles. The van der Waals surface area contributed by atoms with Crippen LogP contribution in [0.2, 0.25) is 0 Å². The average molecular weight is 447 g/mol. The number of methoxy groups -OCH3 is 1. The number of nitrogens with one attached hydrogen (secondary N) is 2. The molecule has 0 saturated carbocycles. The Balaban J connectivity index is 1.58. The summed E-state index contributed by atoms with van der Waals surface area (Å²) in [5.74, 6) is 0.885. The fraction of sp³-hybridized carbons (Fsp3) is 0.125. The van der Waals surface area contributed by atoms with Crippen LogP contribution in [0.4, 0.5) is 5.69 Å². The van der Waals surface area contributed by atoms with Gasteiger partial charge < -0.3 is 19.9 Å². The number of amides is 2. The Bertz CT molecular complexity index is 1230. The van der Waals surface area contributed by atoms with Crippen LogP contribution >= 0.6 is 11.3 Å². The van der Waals surface area contributed by atoms with Crippen molar-refractivity contribution < 1.29 is 14.3 Å². The molecule has 4 rings (SSSR count). The van der Waals surface area contributed by atoms with E-state index < -0.39 is 6.04 Å². The van der Waals surface area contributed by atoms with Gasteiger partial charge in [-0.1, -0.05) is 24.3 Å². The summed E-state index contributed by atoms with van der Waals surface area (Å²) in [5.41, 5.74) is 1.82. The molecule has 0 fully saturated rings. The number of aromatic nitrogens is 2. The van der Waals surface area contributed by atoms with Crippen LogP contribution in [0.15, 0.2) is 78.4 Å². The van der Waals surface area contributed by atoms with Crippen LogP contribution in [-0.2, 0) is 7.05 Å². The third-order valence-corrected chi connectivity index (χ3v) is 5.82. The Morgan fingerprint density at radius 2 is 1.91 bits per heavy atom. The first-order valence-electron chi connectivity index (χ1n) is 9.92. The molecule has 0 spiro atoms. The van der Waals surface area contributed by atoms with E-state index in [4.69, 9.17) is 4.74 Å². The molecule has 0 aliphatic carbocycles. The summed E-state index contributed by atoms with van der Waals surface area (Å²) in [6.07, 6.45) is 3.52. The van der Waals surface area contributed by atoms with Gasteiger partial charge in [0.1, 0.15) is 17.6 Å². The van der Waals surface area contributed by atoms with Crippen molar-refractivity contribution in [3.63, 3.8) is 0 Å². The van der Waals surface area contributed by atoms with E-state index in [0.29, 0.717) is 27.7 Å². The zero-order valence-corrected chi connectivity index (χ0v) is 18.4. The van der Waals surface area contributed by atoms with Crippen molar-refractivity contribution in [1.82, 2.24) is 14.9 Å². The van der Waals surface area contributed by atoms with Crippen molar-refractivity contribution in [1.29, 1.82) is 0 Å². The molecule has 7 nitrogen and oxygen atoms in total. The lowest BCUT2D eigenvalue weighted by Gasteiger charge is -2.20. The molecule has 1 unspecified atom stereocenters. The van der Waals surface area contributed by atoms with Crippen molar-refractivity contribution in [2.24, 2.45) is 7.05 Å². The molecule has 4 aromatic rings. The van der Waals surface area contributed by atoms with Crippen LogP contribution in [0, 0.1) is 0 Å². The Kier molecular flexibility index (Phi) is 6.32. The highest BCUT2D eigenvalue weighted by atomic mass is 32.1. The summed E-state index contributed by atoms with van der Waals surface area (Å²) in [6.45, 7) is 0. The van der Waals surface area contributed by atoms with Gasteiger partial charge in [0.25, 0.3) is 11.8 Å². The first-order valence-corrected chi connectivity index (χ1v) is 10.8. The molecule has 2 aromatic heterocycles. The maximum atomic E-state index is 13.2. The quantitative estimate of drug-likeness (QED) is 0.444. The Labute approximate surface area is 189 Å². The van der Waals surface area contributed by atoms with E-state index in [1.807, 2.05) is 53.5 Å². The highest BCUT2D eigenvalue weighted by molar-refractivity contribution is 7.12. The number of anilines is 1. The van der Waals surface area contributed by atoms with Crippen LogP contribution in [-0.4, -0.2) is 28.5 Å². The summed E-state index contributed by atoms with van der Waals surface area (Å²) in [5, 5.41) is 7.74. The second-order valence-electron chi connectivity index (χ2n) is 7.09. The summed E-state index contributed by atoms with van der Waals surface area (Å²) in [6, 6.07) is 17.4. The van der Waals surface area contributed by atoms with Gasteiger partial charge in [-0.3, -0.25) is 9.59 Å². The number of aryl methyl sites for hydroxylation is 1. The van der Waals surface area contributed by atoms with Gasteiger partial charge in [-0.2, -0.15) is 0 Å². The predicted octanol–water partition coefficient (Wildman–Crippen LogP) is 4.26. The minimum Gasteiger partial charge on any atom is -0.497 e. The van der Waals surface area contributed by atoms with E-state index in [9.17, 15) is 9.59 Å². The maximum absolute atomic E-state index is 13.2. The van der Waals surface area contributed by atoms with E-state index in [1.165, 1.54) is 11.3 Å². The highest BCUT2D eigenvalue weighted by Gasteiger charge is 2.22. The lowest BCUT2D eigenvalue weighted by atomic mass is 10.0. The van der Waals surface area contributed by atoms with Crippen molar-refractivity contribution in [2.75, 3.05) is 12.4 Å². The van der Waals surface area contributed by atoms with E-state index in [0.717, 1.165) is 5.56 Å². The molecule has 0 radical (unpaired) electrons. The molecule has 162 valence electrons. The van der Waals surface area contributed by atoms with Gasteiger partial charge in [0.05, 0.1) is 12.0 Å². The molecular weight excluding hydrogens is 424 g/mol. The maximum Gasteiger partial charge on any atom is 0.265 e. The third kappa shape index (κ3) is 4.70. The third-order valence-electron chi connectivity index (χ3n) is 4.95. The van der Waals surface area contributed by atoms with Crippen molar-refractivity contribution in [3.05, 3.63) is 100 Å². The molecule has 0 aliphatic rings. The predicted molar refractivity (Wildman–Crippen MR) is 124 cm³/mol. The Hall–Kier alpha value is -3.91. The number of carbonyl (C=O) groups excluding carboxylic acids is 2. The number of imidazole rings is 1. The lowest BCUT2D eigenvalue weighted by molar-refractivity contribution is 0.0940. The van der Waals surface area contributed by atoms with Gasteiger partial charge in [0.15, 0.2) is 0 Å². The minimum absolute atomic E-state index is 0.208. The van der Waals surface area contributed by atoms with Crippen LogP contribution in [0.1, 0.15) is 37.5 Å². The molecule has 0 saturated heterocycles. The summed E-state index contributed by atoms with van der Waals surface area (Å²) >= 11 is 1.36. The summed E-state index contributed by atoms with van der Waals surface area (Å²) in [7, 11) is 3.48. The van der Waals surface area contributed by atoms with E-state index in [2.05, 4.69) is 15.6 Å². The smallest absolute Gasteiger partial charge is 0.265 e. The van der Waals surface area contributed by atoms with Gasteiger partial charge in [-0.05, 0) is 47.3 Å². The van der Waals surface area contributed by atoms with Crippen LogP contribution in [0.3, 0.4) is 0 Å². The minimum atomic E-state index is -0.484. The lowest BCUT2D eigenvalue weighted by Crippen LogP contribution is -2.31. The average Bonchev–Trinajstić information content (AvgIpc) is 3.50. The first-order chi connectivity index (χ1) is 15.5. The first kappa shape index (κ1) is 21.3. The van der Waals surface area contributed by atoms with Gasteiger partial charge in [0, 0.05) is 30.7 Å². The molecule has 2 heterocycles. The number of nitrogens with zero attached hydrogens (tertiary/aromatic N) is 2. The number of hydrogen-bond acceptors (Lipinski definition) is 5. The van der Waals surface area contributed by atoms with E-state index >= 15 is 0 Å². The van der Waals surface area contributed by atoms with Gasteiger partial charge in [-0.25, -0.2) is 4.98 Å². The van der Waals surface area contributed by atoms with Crippen molar-refractivity contribution in [3.8, 4) is 5.75 Å². The summed E-state index contributed by atoms with van der Waals surface area (Å²) < 4.78 is 7.21. The van der Waals surface area contributed by atoms with Crippen molar-refractivity contribution in [2.45, 2.75) is 6.04 Å². The Morgan fingerprint density at radius 1 is 1.06 bits per heavy atom. The highest BCUT2D eigenvalue weighted by Crippen LogP contribution is 2.25. The zero-order valence-electron chi connectivity index (χ0n) is 17.6. The summed E-state index contributed by atoms with van der Waals surface area (Å²) in [4.78, 5) is 30.6. The number of hydrogen-bond donors (Lipinski definition) is 2. The standard InChI is InChI=1S/C24H22N4O3S/c1-28-12-11-25-22(28)21(16-6-4-9-19(15-16)31-2)27-23(29)17-7-3-8-18(14-17)26-24(30)20-10-5-13-32-20/h3-15,21H,1-2H3,(H,26,30)(H,27,29). The topological polar surface area (TPSA) is 85.2 Å². The van der Waals surface area contributed by atoms with Gasteiger partial charge in [-0.15, -0.1) is 11.3 Å². The fourth-order valence-corrected chi connectivity index (χ4v) is 3.95. The normalized spacial score (nSPS) is 11.6. The largest absolute Gasteiger partial charge is 0.497 e. The molecule has 1 atom stereocenters.